The van der Waals surface area contributed by atoms with E-state index in [9.17, 15) is 4.79 Å². The highest BCUT2D eigenvalue weighted by atomic mass is 32.2. The molecular weight excluding hydrogens is 202 g/mol. The van der Waals surface area contributed by atoms with Gasteiger partial charge < -0.3 is 15.5 Å². The van der Waals surface area contributed by atoms with Gasteiger partial charge in [0.15, 0.2) is 0 Å². The number of carbonyl (C=O) groups excluding carboxylic acids is 1. The SMILES string of the molecule is CC(CO)(CO)NC(=O)C1CCCS1. The van der Waals surface area contributed by atoms with Crippen molar-refractivity contribution in [1.29, 1.82) is 0 Å². The molecule has 14 heavy (non-hydrogen) atoms. The van der Waals surface area contributed by atoms with Gasteiger partial charge in [0.1, 0.15) is 0 Å². The van der Waals surface area contributed by atoms with E-state index in [-0.39, 0.29) is 24.4 Å². The summed E-state index contributed by atoms with van der Waals surface area (Å²) in [5.74, 6) is 0.950. The van der Waals surface area contributed by atoms with Gasteiger partial charge in [0, 0.05) is 0 Å². The van der Waals surface area contributed by atoms with Gasteiger partial charge >= 0.3 is 0 Å². The van der Waals surface area contributed by atoms with E-state index in [0.717, 1.165) is 18.6 Å². The fourth-order valence-electron chi connectivity index (χ4n) is 1.29. The van der Waals surface area contributed by atoms with Crippen LogP contribution in [0.1, 0.15) is 19.8 Å². The number of rotatable bonds is 4. The Bertz CT molecular complexity index is 200. The summed E-state index contributed by atoms with van der Waals surface area (Å²) in [6.07, 6.45) is 1.96. The maximum absolute atomic E-state index is 11.6. The molecule has 0 aromatic carbocycles. The number of amides is 1. The quantitative estimate of drug-likeness (QED) is 0.609. The Morgan fingerprint density at radius 1 is 1.57 bits per heavy atom. The van der Waals surface area contributed by atoms with E-state index in [0.29, 0.717) is 0 Å². The average molecular weight is 219 g/mol. The molecule has 4 nitrogen and oxygen atoms in total. The molecule has 82 valence electrons. The first kappa shape index (κ1) is 11.8. The Kier molecular flexibility index (Phi) is 4.22. The summed E-state index contributed by atoms with van der Waals surface area (Å²) < 4.78 is 0. The van der Waals surface area contributed by atoms with Crippen LogP contribution in [0.5, 0.6) is 0 Å². The zero-order chi connectivity index (χ0) is 10.6. The molecule has 0 aliphatic carbocycles. The van der Waals surface area contributed by atoms with Crippen LogP contribution in [0.3, 0.4) is 0 Å². The van der Waals surface area contributed by atoms with E-state index >= 15 is 0 Å². The third-order valence-corrected chi connectivity index (χ3v) is 3.72. The summed E-state index contributed by atoms with van der Waals surface area (Å²) in [5.41, 5.74) is -0.889. The van der Waals surface area contributed by atoms with Gasteiger partial charge in [-0.2, -0.15) is 0 Å². The van der Waals surface area contributed by atoms with Crippen LogP contribution in [0, 0.1) is 0 Å². The fourth-order valence-corrected chi connectivity index (χ4v) is 2.45. The molecule has 0 aromatic rings. The van der Waals surface area contributed by atoms with Crippen molar-refractivity contribution in [1.82, 2.24) is 5.32 Å². The molecular formula is C9H17NO3S. The molecule has 3 N–H and O–H groups in total. The van der Waals surface area contributed by atoms with E-state index in [1.54, 1.807) is 18.7 Å². The molecule has 0 radical (unpaired) electrons. The highest BCUT2D eigenvalue weighted by Gasteiger charge is 2.30. The molecule has 1 rings (SSSR count). The number of thioether (sulfide) groups is 1. The summed E-state index contributed by atoms with van der Waals surface area (Å²) in [4.78, 5) is 11.6. The Labute approximate surface area is 88.1 Å². The molecule has 0 spiro atoms. The van der Waals surface area contributed by atoms with E-state index in [1.165, 1.54) is 0 Å². The molecule has 1 aliphatic rings. The minimum atomic E-state index is -0.889. The van der Waals surface area contributed by atoms with Gasteiger partial charge in [0.05, 0.1) is 24.0 Å². The summed E-state index contributed by atoms with van der Waals surface area (Å²) in [7, 11) is 0. The van der Waals surface area contributed by atoms with Crippen LogP contribution in [0.25, 0.3) is 0 Å². The third-order valence-electron chi connectivity index (χ3n) is 2.35. The van der Waals surface area contributed by atoms with Gasteiger partial charge in [-0.15, -0.1) is 11.8 Å². The first-order valence-electron chi connectivity index (χ1n) is 4.76. The Morgan fingerprint density at radius 3 is 2.64 bits per heavy atom. The minimum absolute atomic E-state index is 0.00701. The number of aliphatic hydroxyl groups is 2. The van der Waals surface area contributed by atoms with Crippen molar-refractivity contribution in [3.05, 3.63) is 0 Å². The van der Waals surface area contributed by atoms with Crippen molar-refractivity contribution in [2.24, 2.45) is 0 Å². The molecule has 0 bridgehead atoms. The van der Waals surface area contributed by atoms with Crippen molar-refractivity contribution in [2.45, 2.75) is 30.6 Å². The van der Waals surface area contributed by atoms with Gasteiger partial charge in [-0.1, -0.05) is 0 Å². The predicted octanol–water partition coefficient (Wildman–Crippen LogP) is -0.259. The minimum Gasteiger partial charge on any atom is -0.394 e. The van der Waals surface area contributed by atoms with Crippen LogP contribution in [-0.2, 0) is 4.79 Å². The Balaban J connectivity index is 2.45. The normalized spacial score (nSPS) is 22.4. The monoisotopic (exact) mass is 219 g/mol. The van der Waals surface area contributed by atoms with Gasteiger partial charge in [-0.05, 0) is 25.5 Å². The lowest BCUT2D eigenvalue weighted by Crippen LogP contribution is -2.53. The largest absolute Gasteiger partial charge is 0.394 e. The lowest BCUT2D eigenvalue weighted by Gasteiger charge is -2.27. The standard InChI is InChI=1S/C9H17NO3S/c1-9(5-11,6-12)10-8(13)7-3-2-4-14-7/h7,11-12H,2-6H2,1H3,(H,10,13). The summed E-state index contributed by atoms with van der Waals surface area (Å²) in [6, 6.07) is 0. The first-order chi connectivity index (χ1) is 6.61. The number of aliphatic hydroxyl groups excluding tert-OH is 2. The number of hydrogen-bond donors (Lipinski definition) is 3. The smallest absolute Gasteiger partial charge is 0.233 e. The van der Waals surface area contributed by atoms with Crippen LogP contribution in [-0.4, -0.2) is 45.9 Å². The van der Waals surface area contributed by atoms with E-state index in [4.69, 9.17) is 10.2 Å². The Morgan fingerprint density at radius 2 is 2.21 bits per heavy atom. The fraction of sp³-hybridized carbons (Fsp3) is 0.889. The van der Waals surface area contributed by atoms with E-state index < -0.39 is 5.54 Å². The predicted molar refractivity (Wildman–Crippen MR) is 56.2 cm³/mol. The number of hydrogen-bond acceptors (Lipinski definition) is 4. The van der Waals surface area contributed by atoms with Gasteiger partial charge in [0.2, 0.25) is 5.91 Å². The number of nitrogens with one attached hydrogen (secondary N) is 1. The summed E-state index contributed by atoms with van der Waals surface area (Å²) in [6.45, 7) is 1.14. The summed E-state index contributed by atoms with van der Waals surface area (Å²) in [5, 5.41) is 20.7. The molecule has 0 saturated carbocycles. The van der Waals surface area contributed by atoms with Crippen LogP contribution in [0.2, 0.25) is 0 Å². The molecule has 1 unspecified atom stereocenters. The first-order valence-corrected chi connectivity index (χ1v) is 5.81. The molecule has 1 saturated heterocycles. The van der Waals surface area contributed by atoms with Crippen molar-refractivity contribution in [3.63, 3.8) is 0 Å². The molecule has 5 heteroatoms. The molecule has 1 amide bonds. The highest BCUT2D eigenvalue weighted by molar-refractivity contribution is 8.00. The molecule has 1 fully saturated rings. The van der Waals surface area contributed by atoms with Crippen molar-refractivity contribution < 1.29 is 15.0 Å². The topological polar surface area (TPSA) is 69.6 Å². The molecule has 1 atom stereocenters. The van der Waals surface area contributed by atoms with Gasteiger partial charge in [0.25, 0.3) is 0 Å². The zero-order valence-electron chi connectivity index (χ0n) is 8.32. The number of carbonyl (C=O) groups is 1. The van der Waals surface area contributed by atoms with Gasteiger partial charge in [-0.3, -0.25) is 4.79 Å². The molecule has 0 aromatic heterocycles. The summed E-state index contributed by atoms with van der Waals surface area (Å²) >= 11 is 1.64. The van der Waals surface area contributed by atoms with Crippen LogP contribution in [0.15, 0.2) is 0 Å². The lowest BCUT2D eigenvalue weighted by atomic mass is 10.1. The maximum atomic E-state index is 11.6. The van der Waals surface area contributed by atoms with Crippen LogP contribution in [0.4, 0.5) is 0 Å². The second kappa shape index (κ2) is 5.00. The highest BCUT2D eigenvalue weighted by Crippen LogP contribution is 2.26. The van der Waals surface area contributed by atoms with Crippen LogP contribution >= 0.6 is 11.8 Å². The zero-order valence-corrected chi connectivity index (χ0v) is 9.14. The lowest BCUT2D eigenvalue weighted by molar-refractivity contribution is -0.123. The van der Waals surface area contributed by atoms with E-state index in [1.807, 2.05) is 0 Å². The van der Waals surface area contributed by atoms with Crippen molar-refractivity contribution in [3.8, 4) is 0 Å². The molecule has 1 aliphatic heterocycles. The van der Waals surface area contributed by atoms with Crippen LogP contribution < -0.4 is 5.32 Å². The maximum Gasteiger partial charge on any atom is 0.233 e. The van der Waals surface area contributed by atoms with Crippen molar-refractivity contribution >= 4 is 17.7 Å². The second-order valence-corrected chi connectivity index (χ2v) is 5.18. The van der Waals surface area contributed by atoms with Crippen molar-refractivity contribution in [2.75, 3.05) is 19.0 Å². The second-order valence-electron chi connectivity index (χ2n) is 3.87. The third kappa shape index (κ3) is 2.87. The Hall–Kier alpha value is -0.260. The average Bonchev–Trinajstić information content (AvgIpc) is 2.70. The van der Waals surface area contributed by atoms with E-state index in [2.05, 4.69) is 5.32 Å². The molecule has 1 heterocycles. The van der Waals surface area contributed by atoms with Gasteiger partial charge in [-0.25, -0.2) is 0 Å².